The molecule has 0 saturated carbocycles. The number of nitrogens with two attached hydrogens (primary N) is 1. The molecule has 128 valence electrons. The molecule has 2 N–H and O–H groups in total. The second kappa shape index (κ2) is 6.43. The van der Waals surface area contributed by atoms with Gasteiger partial charge < -0.3 is 15.4 Å². The van der Waals surface area contributed by atoms with Gasteiger partial charge in [0.15, 0.2) is 0 Å². The van der Waals surface area contributed by atoms with Crippen LogP contribution in [-0.4, -0.2) is 19.2 Å². The first-order valence-electron chi connectivity index (χ1n) is 7.47. The van der Waals surface area contributed by atoms with Gasteiger partial charge in [-0.3, -0.25) is 0 Å². The summed E-state index contributed by atoms with van der Waals surface area (Å²) in [7, 11) is 0. The minimum atomic E-state index is -4.38. The lowest BCUT2D eigenvalue weighted by molar-refractivity contribution is -0.137. The second-order valence-corrected chi connectivity index (χ2v) is 6.09. The van der Waals surface area contributed by atoms with Gasteiger partial charge in [0.1, 0.15) is 11.9 Å². The van der Waals surface area contributed by atoms with Crippen molar-refractivity contribution in [2.75, 3.05) is 23.7 Å². The lowest BCUT2D eigenvalue weighted by Gasteiger charge is -2.23. The Labute approximate surface area is 142 Å². The zero-order valence-electron chi connectivity index (χ0n) is 12.7. The van der Waals surface area contributed by atoms with Crippen LogP contribution in [0.5, 0.6) is 5.75 Å². The van der Waals surface area contributed by atoms with E-state index in [0.29, 0.717) is 36.0 Å². The summed E-state index contributed by atoms with van der Waals surface area (Å²) in [5, 5.41) is 0.393. The molecule has 0 aliphatic carbocycles. The third-order valence-electron chi connectivity index (χ3n) is 3.94. The van der Waals surface area contributed by atoms with Crippen LogP contribution in [0.3, 0.4) is 0 Å². The van der Waals surface area contributed by atoms with Crippen molar-refractivity contribution in [2.24, 2.45) is 0 Å². The van der Waals surface area contributed by atoms with E-state index in [1.54, 1.807) is 29.2 Å². The van der Waals surface area contributed by atoms with Gasteiger partial charge in [-0.15, -0.1) is 0 Å². The molecule has 3 nitrogen and oxygen atoms in total. The van der Waals surface area contributed by atoms with Gasteiger partial charge >= 0.3 is 6.18 Å². The van der Waals surface area contributed by atoms with E-state index in [2.05, 4.69) is 0 Å². The molecule has 1 fully saturated rings. The Hall–Kier alpha value is -2.08. The molecule has 24 heavy (non-hydrogen) atoms. The molecule has 2 aromatic rings. The van der Waals surface area contributed by atoms with Crippen LogP contribution < -0.4 is 15.4 Å². The summed E-state index contributed by atoms with van der Waals surface area (Å²) >= 11 is 6.08. The summed E-state index contributed by atoms with van der Waals surface area (Å²) in [6.07, 6.45) is -3.99. The Morgan fingerprint density at radius 3 is 2.62 bits per heavy atom. The van der Waals surface area contributed by atoms with Crippen molar-refractivity contribution in [3.63, 3.8) is 0 Å². The fourth-order valence-electron chi connectivity index (χ4n) is 2.82. The van der Waals surface area contributed by atoms with E-state index in [1.165, 1.54) is 12.1 Å². The molecule has 2 aromatic carbocycles. The maximum absolute atomic E-state index is 13.1. The molecule has 0 spiro atoms. The number of ether oxygens (including phenoxy) is 1. The maximum atomic E-state index is 13.1. The molecule has 1 saturated heterocycles. The predicted molar refractivity (Wildman–Crippen MR) is 88.6 cm³/mol. The van der Waals surface area contributed by atoms with Crippen molar-refractivity contribution >= 4 is 23.0 Å². The number of alkyl halides is 3. The standard InChI is InChI=1S/C17H16ClF3N2O/c18-14-9-11(22)5-6-16(14)24-12-7-8-23(10-12)15-4-2-1-3-13(15)17(19,20)21/h1-6,9,12H,7-8,10,22H2. The minimum absolute atomic E-state index is 0.180. The molecular weight excluding hydrogens is 341 g/mol. The third-order valence-corrected chi connectivity index (χ3v) is 4.24. The highest BCUT2D eigenvalue weighted by Crippen LogP contribution is 2.38. The van der Waals surface area contributed by atoms with Crippen LogP contribution in [0.4, 0.5) is 24.5 Å². The Kier molecular flexibility index (Phi) is 4.49. The molecule has 1 heterocycles. The zero-order chi connectivity index (χ0) is 17.3. The summed E-state index contributed by atoms with van der Waals surface area (Å²) in [5.74, 6) is 0.488. The number of anilines is 2. The molecule has 3 rings (SSSR count). The van der Waals surface area contributed by atoms with Gasteiger partial charge in [-0.1, -0.05) is 23.7 Å². The Morgan fingerprint density at radius 2 is 1.92 bits per heavy atom. The zero-order valence-corrected chi connectivity index (χ0v) is 13.4. The van der Waals surface area contributed by atoms with Gasteiger partial charge in [-0.05, 0) is 30.3 Å². The highest BCUT2D eigenvalue weighted by atomic mass is 35.5. The average Bonchev–Trinajstić information content (AvgIpc) is 2.98. The number of hydrogen-bond donors (Lipinski definition) is 1. The average molecular weight is 357 g/mol. The molecule has 0 aromatic heterocycles. The summed E-state index contributed by atoms with van der Waals surface area (Å²) in [6.45, 7) is 0.859. The summed E-state index contributed by atoms with van der Waals surface area (Å²) in [6, 6.07) is 10.5. The molecule has 0 amide bonds. The number of nitrogens with zero attached hydrogens (tertiary/aromatic N) is 1. The normalized spacial score (nSPS) is 18.0. The van der Waals surface area contributed by atoms with Crippen molar-refractivity contribution in [3.8, 4) is 5.75 Å². The van der Waals surface area contributed by atoms with Gasteiger partial charge in [0, 0.05) is 24.3 Å². The fraction of sp³-hybridized carbons (Fsp3) is 0.294. The van der Waals surface area contributed by atoms with Crippen LogP contribution in [0.25, 0.3) is 0 Å². The maximum Gasteiger partial charge on any atom is 0.418 e. The minimum Gasteiger partial charge on any atom is -0.487 e. The van der Waals surface area contributed by atoms with E-state index >= 15 is 0 Å². The summed E-state index contributed by atoms with van der Waals surface area (Å²) in [4.78, 5) is 1.69. The largest absolute Gasteiger partial charge is 0.487 e. The second-order valence-electron chi connectivity index (χ2n) is 5.68. The summed E-state index contributed by atoms with van der Waals surface area (Å²) in [5.41, 5.74) is 5.72. The number of rotatable bonds is 3. The van der Waals surface area contributed by atoms with Crippen molar-refractivity contribution in [1.82, 2.24) is 0 Å². The lowest BCUT2D eigenvalue weighted by Crippen LogP contribution is -2.26. The predicted octanol–water partition coefficient (Wildman–Crippen LogP) is 4.60. The number of benzene rings is 2. The topological polar surface area (TPSA) is 38.5 Å². The molecule has 1 atom stereocenters. The van der Waals surface area contributed by atoms with Crippen molar-refractivity contribution in [1.29, 1.82) is 0 Å². The van der Waals surface area contributed by atoms with Gasteiger partial charge in [-0.2, -0.15) is 13.2 Å². The third kappa shape index (κ3) is 3.53. The molecule has 1 aliphatic heterocycles. The van der Waals surface area contributed by atoms with Crippen LogP contribution in [0.15, 0.2) is 42.5 Å². The Morgan fingerprint density at radius 1 is 1.17 bits per heavy atom. The van der Waals surface area contributed by atoms with E-state index in [0.717, 1.165) is 6.07 Å². The highest BCUT2D eigenvalue weighted by molar-refractivity contribution is 6.32. The number of halogens is 4. The van der Waals surface area contributed by atoms with Crippen LogP contribution in [0.2, 0.25) is 5.02 Å². The van der Waals surface area contributed by atoms with Crippen molar-refractivity contribution in [2.45, 2.75) is 18.7 Å². The Bertz CT molecular complexity index is 736. The summed E-state index contributed by atoms with van der Waals surface area (Å²) < 4.78 is 45.3. The van der Waals surface area contributed by atoms with Crippen molar-refractivity contribution < 1.29 is 17.9 Å². The molecule has 0 bridgehead atoms. The van der Waals surface area contributed by atoms with Gasteiger partial charge in [-0.25, -0.2) is 0 Å². The van der Waals surface area contributed by atoms with Gasteiger partial charge in [0.2, 0.25) is 0 Å². The first-order valence-corrected chi connectivity index (χ1v) is 7.85. The van der Waals surface area contributed by atoms with E-state index in [9.17, 15) is 13.2 Å². The van der Waals surface area contributed by atoms with E-state index in [1.807, 2.05) is 0 Å². The number of nitrogen functional groups attached to an aromatic ring is 1. The van der Waals surface area contributed by atoms with E-state index in [4.69, 9.17) is 22.1 Å². The molecule has 1 aliphatic rings. The SMILES string of the molecule is Nc1ccc(OC2CCN(c3ccccc3C(F)(F)F)C2)c(Cl)c1. The molecule has 0 radical (unpaired) electrons. The Balaban J connectivity index is 1.74. The van der Waals surface area contributed by atoms with Gasteiger partial charge in [0.05, 0.1) is 17.1 Å². The quantitative estimate of drug-likeness (QED) is 0.817. The fourth-order valence-corrected chi connectivity index (χ4v) is 3.06. The van der Waals surface area contributed by atoms with Crippen LogP contribution in [-0.2, 0) is 6.18 Å². The van der Waals surface area contributed by atoms with Gasteiger partial charge in [0.25, 0.3) is 0 Å². The number of para-hydroxylation sites is 1. The molecule has 7 heteroatoms. The first kappa shape index (κ1) is 16.8. The van der Waals surface area contributed by atoms with Crippen LogP contribution in [0, 0.1) is 0 Å². The van der Waals surface area contributed by atoms with E-state index < -0.39 is 11.7 Å². The highest BCUT2D eigenvalue weighted by Gasteiger charge is 2.36. The lowest BCUT2D eigenvalue weighted by atomic mass is 10.1. The molecular formula is C17H16ClF3N2O. The van der Waals surface area contributed by atoms with Crippen molar-refractivity contribution in [3.05, 3.63) is 53.1 Å². The van der Waals surface area contributed by atoms with Crippen LogP contribution in [0.1, 0.15) is 12.0 Å². The first-order chi connectivity index (χ1) is 11.3. The molecule has 1 unspecified atom stereocenters. The van der Waals surface area contributed by atoms with Crippen LogP contribution >= 0.6 is 11.6 Å². The smallest absolute Gasteiger partial charge is 0.418 e. The van der Waals surface area contributed by atoms with E-state index in [-0.39, 0.29) is 11.8 Å². The monoisotopic (exact) mass is 356 g/mol. The number of hydrogen-bond acceptors (Lipinski definition) is 3.